The molecule has 2 saturated heterocycles. The zero-order chi connectivity index (χ0) is 15.4. The van der Waals surface area contributed by atoms with Crippen molar-refractivity contribution in [3.8, 4) is 0 Å². The highest BCUT2D eigenvalue weighted by Crippen LogP contribution is 2.38. The normalized spacial score (nSPS) is 24.1. The number of rotatable bonds is 3. The first kappa shape index (κ1) is 18.4. The minimum Gasteiger partial charge on any atom is -0.381 e. The molecule has 1 N–H and O–H groups in total. The molecule has 23 heavy (non-hydrogen) atoms. The molecule has 2 fully saturated rings. The van der Waals surface area contributed by atoms with Crippen molar-refractivity contribution >= 4 is 29.9 Å². The van der Waals surface area contributed by atoms with E-state index in [1.54, 1.807) is 0 Å². The minimum atomic E-state index is 0. The number of pyridine rings is 1. The molecule has 1 aromatic heterocycles. The van der Waals surface area contributed by atoms with E-state index in [2.05, 4.69) is 22.1 Å². The Morgan fingerprint density at radius 3 is 3.00 bits per heavy atom. The number of aryl methyl sites for hydroxylation is 1. The Labute approximate surface area is 155 Å². The number of halogens is 1. The van der Waals surface area contributed by atoms with E-state index in [0.717, 1.165) is 50.2 Å². The molecule has 2 aliphatic heterocycles. The van der Waals surface area contributed by atoms with Crippen LogP contribution in [-0.2, 0) is 11.3 Å². The van der Waals surface area contributed by atoms with E-state index < -0.39 is 0 Å². The van der Waals surface area contributed by atoms with E-state index >= 15 is 0 Å². The molecule has 0 amide bonds. The van der Waals surface area contributed by atoms with Gasteiger partial charge in [0.15, 0.2) is 5.96 Å². The second kappa shape index (κ2) is 8.28. The van der Waals surface area contributed by atoms with Gasteiger partial charge < -0.3 is 15.0 Å². The molecule has 3 rings (SSSR count). The summed E-state index contributed by atoms with van der Waals surface area (Å²) in [6.45, 7) is 9.59. The lowest BCUT2D eigenvalue weighted by Crippen LogP contribution is -2.41. The van der Waals surface area contributed by atoms with Crippen LogP contribution >= 0.6 is 24.0 Å². The molecule has 6 heteroatoms. The fourth-order valence-electron chi connectivity index (χ4n) is 3.36. The summed E-state index contributed by atoms with van der Waals surface area (Å²) in [6, 6.07) is 6.10. The van der Waals surface area contributed by atoms with Gasteiger partial charge in [-0.25, -0.2) is 4.99 Å². The molecule has 1 spiro atoms. The molecule has 2 aliphatic rings. The van der Waals surface area contributed by atoms with Crippen LogP contribution in [0, 0.1) is 12.3 Å². The van der Waals surface area contributed by atoms with E-state index in [-0.39, 0.29) is 24.0 Å². The highest BCUT2D eigenvalue weighted by molar-refractivity contribution is 14.0. The van der Waals surface area contributed by atoms with Crippen LogP contribution in [0.3, 0.4) is 0 Å². The van der Waals surface area contributed by atoms with Gasteiger partial charge in [-0.2, -0.15) is 0 Å². The van der Waals surface area contributed by atoms with E-state index in [0.29, 0.717) is 12.0 Å². The quantitative estimate of drug-likeness (QED) is 0.455. The average Bonchev–Trinajstić information content (AvgIpc) is 3.14. The summed E-state index contributed by atoms with van der Waals surface area (Å²) in [6.07, 6.45) is 2.39. The lowest BCUT2D eigenvalue weighted by molar-refractivity contribution is 0.156. The lowest BCUT2D eigenvalue weighted by Gasteiger charge is -2.24. The molecular formula is C17H27IN4O. The topological polar surface area (TPSA) is 49.8 Å². The van der Waals surface area contributed by atoms with Gasteiger partial charge in [0.05, 0.1) is 18.8 Å². The highest BCUT2D eigenvalue weighted by Gasteiger charge is 2.42. The molecule has 128 valence electrons. The molecule has 0 aromatic carbocycles. The van der Waals surface area contributed by atoms with Crippen molar-refractivity contribution in [2.45, 2.75) is 33.2 Å². The first-order valence-electron chi connectivity index (χ1n) is 8.24. The number of likely N-dealkylation sites (tertiary alicyclic amines) is 1. The maximum atomic E-state index is 5.62. The molecule has 0 saturated carbocycles. The second-order valence-corrected chi connectivity index (χ2v) is 6.41. The van der Waals surface area contributed by atoms with Crippen molar-refractivity contribution in [1.82, 2.24) is 15.2 Å². The van der Waals surface area contributed by atoms with Crippen LogP contribution in [-0.4, -0.2) is 48.7 Å². The van der Waals surface area contributed by atoms with Gasteiger partial charge in [0.1, 0.15) is 0 Å². The Bertz CT molecular complexity index is 543. The van der Waals surface area contributed by atoms with Crippen LogP contribution in [0.15, 0.2) is 23.2 Å². The molecule has 0 radical (unpaired) electrons. The Balaban J connectivity index is 0.00000192. The van der Waals surface area contributed by atoms with Gasteiger partial charge in [-0.3, -0.25) is 4.98 Å². The van der Waals surface area contributed by atoms with Crippen LogP contribution in [0.25, 0.3) is 0 Å². The predicted molar refractivity (Wildman–Crippen MR) is 103 cm³/mol. The Kier molecular flexibility index (Phi) is 6.64. The monoisotopic (exact) mass is 430 g/mol. The van der Waals surface area contributed by atoms with Crippen LogP contribution in [0.5, 0.6) is 0 Å². The molecule has 3 heterocycles. The van der Waals surface area contributed by atoms with Crippen LogP contribution < -0.4 is 5.32 Å². The summed E-state index contributed by atoms with van der Waals surface area (Å²) in [5.74, 6) is 1.01. The number of nitrogens with zero attached hydrogens (tertiary/aromatic N) is 3. The van der Waals surface area contributed by atoms with Crippen LogP contribution in [0.1, 0.15) is 31.2 Å². The van der Waals surface area contributed by atoms with Gasteiger partial charge >= 0.3 is 0 Å². The van der Waals surface area contributed by atoms with Crippen molar-refractivity contribution in [2.75, 3.05) is 32.8 Å². The Hall–Kier alpha value is -0.890. The minimum absolute atomic E-state index is 0. The summed E-state index contributed by atoms with van der Waals surface area (Å²) in [5, 5.41) is 3.42. The smallest absolute Gasteiger partial charge is 0.194 e. The average molecular weight is 430 g/mol. The number of guanidine groups is 1. The molecule has 1 atom stereocenters. The zero-order valence-electron chi connectivity index (χ0n) is 14.0. The summed E-state index contributed by atoms with van der Waals surface area (Å²) in [4.78, 5) is 11.7. The zero-order valence-corrected chi connectivity index (χ0v) is 16.4. The summed E-state index contributed by atoms with van der Waals surface area (Å²) in [5.41, 5.74) is 2.42. The molecule has 1 unspecified atom stereocenters. The van der Waals surface area contributed by atoms with E-state index in [4.69, 9.17) is 9.73 Å². The SMILES string of the molecule is CCNC(=NCc1cccc(C)n1)N1CCC2(CCOC2)C1.I. The number of aliphatic imine (C=N–C) groups is 1. The van der Waals surface area contributed by atoms with Crippen molar-refractivity contribution in [2.24, 2.45) is 10.4 Å². The summed E-state index contributed by atoms with van der Waals surface area (Å²) >= 11 is 0. The van der Waals surface area contributed by atoms with Gasteiger partial charge in [0.25, 0.3) is 0 Å². The van der Waals surface area contributed by atoms with Crippen molar-refractivity contribution in [3.63, 3.8) is 0 Å². The first-order valence-corrected chi connectivity index (χ1v) is 8.24. The third-order valence-corrected chi connectivity index (χ3v) is 4.59. The Morgan fingerprint density at radius 2 is 2.30 bits per heavy atom. The van der Waals surface area contributed by atoms with Gasteiger partial charge in [0.2, 0.25) is 0 Å². The van der Waals surface area contributed by atoms with E-state index in [1.165, 1.54) is 12.8 Å². The van der Waals surface area contributed by atoms with Gasteiger partial charge in [-0.05, 0) is 38.8 Å². The largest absolute Gasteiger partial charge is 0.381 e. The number of hydrogen-bond acceptors (Lipinski definition) is 3. The second-order valence-electron chi connectivity index (χ2n) is 6.41. The molecule has 0 bridgehead atoms. The van der Waals surface area contributed by atoms with E-state index in [1.807, 2.05) is 25.1 Å². The van der Waals surface area contributed by atoms with Crippen molar-refractivity contribution < 1.29 is 4.74 Å². The number of aromatic nitrogens is 1. The predicted octanol–water partition coefficient (Wildman–Crippen LogP) is 2.59. The molecular weight excluding hydrogens is 403 g/mol. The van der Waals surface area contributed by atoms with Gasteiger partial charge in [-0.15, -0.1) is 24.0 Å². The third kappa shape index (κ3) is 4.56. The summed E-state index contributed by atoms with van der Waals surface area (Å²) < 4.78 is 5.62. The number of nitrogens with one attached hydrogen (secondary N) is 1. The Morgan fingerprint density at radius 1 is 1.43 bits per heavy atom. The maximum Gasteiger partial charge on any atom is 0.194 e. The third-order valence-electron chi connectivity index (χ3n) is 4.59. The standard InChI is InChI=1S/C17H26N4O.HI/c1-3-18-16(19-11-15-6-4-5-14(2)20-15)21-9-7-17(12-21)8-10-22-13-17;/h4-6H,3,7-13H2,1-2H3,(H,18,19);1H. The van der Waals surface area contributed by atoms with Crippen LogP contribution in [0.4, 0.5) is 0 Å². The first-order chi connectivity index (χ1) is 10.7. The van der Waals surface area contributed by atoms with Gasteiger partial charge in [-0.1, -0.05) is 6.07 Å². The molecule has 5 nitrogen and oxygen atoms in total. The van der Waals surface area contributed by atoms with Crippen molar-refractivity contribution in [3.05, 3.63) is 29.6 Å². The van der Waals surface area contributed by atoms with Gasteiger partial charge in [0, 0.05) is 37.4 Å². The number of ether oxygens (including phenoxy) is 1. The van der Waals surface area contributed by atoms with Crippen molar-refractivity contribution in [1.29, 1.82) is 0 Å². The lowest BCUT2D eigenvalue weighted by atomic mass is 9.87. The fourth-order valence-corrected chi connectivity index (χ4v) is 3.36. The van der Waals surface area contributed by atoms with Crippen LogP contribution in [0.2, 0.25) is 0 Å². The van der Waals surface area contributed by atoms with E-state index in [9.17, 15) is 0 Å². The number of hydrogen-bond donors (Lipinski definition) is 1. The molecule has 1 aromatic rings. The highest BCUT2D eigenvalue weighted by atomic mass is 127. The summed E-state index contributed by atoms with van der Waals surface area (Å²) in [7, 11) is 0. The fraction of sp³-hybridized carbons (Fsp3) is 0.647. The maximum absolute atomic E-state index is 5.62. The molecule has 0 aliphatic carbocycles.